The third-order valence-electron chi connectivity index (χ3n) is 2.16. The molecule has 1 rings (SSSR count). The zero-order chi connectivity index (χ0) is 11.3. The predicted octanol–water partition coefficient (Wildman–Crippen LogP) is 2.43. The van der Waals surface area contributed by atoms with Gasteiger partial charge in [-0.1, -0.05) is 18.6 Å². The normalized spacial score (nSPS) is 12.5. The quantitative estimate of drug-likeness (QED) is 0.751. The molecule has 0 aliphatic carbocycles. The van der Waals surface area contributed by atoms with Crippen LogP contribution >= 0.6 is 0 Å². The highest BCUT2D eigenvalue weighted by atomic mass is 15.0. The van der Waals surface area contributed by atoms with Gasteiger partial charge in [0.1, 0.15) is 0 Å². The van der Waals surface area contributed by atoms with Crippen molar-refractivity contribution in [3.8, 4) is 0 Å². The topological polar surface area (TPSA) is 29.9 Å². The smallest absolute Gasteiger partial charge is 0.0947 e. The molecule has 0 bridgehead atoms. The number of aryl methyl sites for hydroxylation is 1. The summed E-state index contributed by atoms with van der Waals surface area (Å²) in [4.78, 5) is 4.38. The van der Waals surface area contributed by atoms with Gasteiger partial charge in [0.25, 0.3) is 0 Å². The Hall–Kier alpha value is -1.09. The van der Waals surface area contributed by atoms with Gasteiger partial charge >= 0.3 is 0 Å². The molecule has 0 aliphatic heterocycles. The van der Waals surface area contributed by atoms with Gasteiger partial charge in [-0.05, 0) is 26.8 Å². The van der Waals surface area contributed by atoms with Gasteiger partial charge in [-0.3, -0.25) is 0 Å². The maximum Gasteiger partial charge on any atom is 0.0947 e. The molecular weight excluding hydrogens is 186 g/mol. The second-order valence-corrected chi connectivity index (χ2v) is 4.14. The van der Waals surface area contributed by atoms with Crippen LogP contribution in [0.4, 0.5) is 0 Å². The summed E-state index contributed by atoms with van der Waals surface area (Å²) in [6, 6.07) is 0.246. The fourth-order valence-corrected chi connectivity index (χ4v) is 1.48. The summed E-state index contributed by atoms with van der Waals surface area (Å²) < 4.78 is 1.98. The highest BCUT2D eigenvalue weighted by Gasteiger charge is 2.09. The van der Waals surface area contributed by atoms with E-state index in [1.165, 1.54) is 5.57 Å². The van der Waals surface area contributed by atoms with E-state index in [0.717, 1.165) is 18.7 Å². The van der Waals surface area contributed by atoms with Crippen molar-refractivity contribution in [3.05, 3.63) is 29.9 Å². The molecule has 84 valence electrons. The van der Waals surface area contributed by atoms with Crippen LogP contribution in [0.15, 0.2) is 24.2 Å². The number of nitrogens with zero attached hydrogens (tertiary/aromatic N) is 2. The first-order valence-corrected chi connectivity index (χ1v) is 5.49. The molecule has 1 unspecified atom stereocenters. The van der Waals surface area contributed by atoms with Crippen LogP contribution in [0.3, 0.4) is 0 Å². The molecule has 0 amide bonds. The third kappa shape index (κ3) is 3.88. The molecule has 0 radical (unpaired) electrons. The standard InChI is InChI=1S/C12H21N3/c1-5-6-13-11(7-10(2)3)12-8-15(4)9-14-12/h7-9,11,13H,5-6H2,1-4H3. The minimum Gasteiger partial charge on any atom is -0.340 e. The molecule has 3 heteroatoms. The molecular formula is C12H21N3. The van der Waals surface area contributed by atoms with Crippen molar-refractivity contribution in [2.24, 2.45) is 7.05 Å². The summed E-state index contributed by atoms with van der Waals surface area (Å²) in [5, 5.41) is 3.48. The van der Waals surface area contributed by atoms with Crippen molar-refractivity contribution >= 4 is 0 Å². The van der Waals surface area contributed by atoms with E-state index in [0.29, 0.717) is 0 Å². The minimum absolute atomic E-state index is 0.246. The first-order chi connectivity index (χ1) is 7.13. The fourth-order valence-electron chi connectivity index (χ4n) is 1.48. The summed E-state index contributed by atoms with van der Waals surface area (Å²) >= 11 is 0. The van der Waals surface area contributed by atoms with Crippen molar-refractivity contribution in [1.82, 2.24) is 14.9 Å². The van der Waals surface area contributed by atoms with Gasteiger partial charge < -0.3 is 9.88 Å². The zero-order valence-corrected chi connectivity index (χ0v) is 10.1. The lowest BCUT2D eigenvalue weighted by Gasteiger charge is -2.12. The van der Waals surface area contributed by atoms with E-state index < -0.39 is 0 Å². The van der Waals surface area contributed by atoms with Gasteiger partial charge in [0.2, 0.25) is 0 Å². The molecule has 15 heavy (non-hydrogen) atoms. The van der Waals surface area contributed by atoms with Crippen molar-refractivity contribution < 1.29 is 0 Å². The molecule has 1 aromatic heterocycles. The van der Waals surface area contributed by atoms with E-state index in [1.807, 2.05) is 17.9 Å². The molecule has 0 fully saturated rings. The van der Waals surface area contributed by atoms with Gasteiger partial charge in [0, 0.05) is 13.2 Å². The van der Waals surface area contributed by atoms with Crippen LogP contribution in [0, 0.1) is 0 Å². The third-order valence-corrected chi connectivity index (χ3v) is 2.16. The van der Waals surface area contributed by atoms with Crippen molar-refractivity contribution in [2.75, 3.05) is 6.54 Å². The number of allylic oxidation sites excluding steroid dienone is 1. The zero-order valence-electron chi connectivity index (χ0n) is 10.1. The predicted molar refractivity (Wildman–Crippen MR) is 63.7 cm³/mol. The maximum absolute atomic E-state index is 4.38. The first kappa shape index (κ1) is 12.0. The van der Waals surface area contributed by atoms with Crippen LogP contribution < -0.4 is 5.32 Å². The molecule has 1 N–H and O–H groups in total. The second kappa shape index (κ2) is 5.71. The Balaban J connectivity index is 2.76. The molecule has 0 saturated carbocycles. The lowest BCUT2D eigenvalue weighted by atomic mass is 10.1. The average molecular weight is 207 g/mol. The molecule has 0 aliphatic rings. The Labute approximate surface area is 92.2 Å². The number of nitrogens with one attached hydrogen (secondary N) is 1. The first-order valence-electron chi connectivity index (χ1n) is 5.49. The molecule has 1 heterocycles. The number of rotatable bonds is 5. The SMILES string of the molecule is CCCNC(C=C(C)C)c1cn(C)cn1. The Bertz CT molecular complexity index is 321. The van der Waals surface area contributed by atoms with Crippen LogP contribution in [0.5, 0.6) is 0 Å². The highest BCUT2D eigenvalue weighted by Crippen LogP contribution is 2.13. The Morgan fingerprint density at radius 1 is 1.60 bits per heavy atom. The largest absolute Gasteiger partial charge is 0.340 e. The van der Waals surface area contributed by atoms with Gasteiger partial charge in [-0.15, -0.1) is 0 Å². The lowest BCUT2D eigenvalue weighted by molar-refractivity contribution is 0.599. The number of aromatic nitrogens is 2. The molecule has 0 saturated heterocycles. The van der Waals surface area contributed by atoms with E-state index >= 15 is 0 Å². The Morgan fingerprint density at radius 3 is 2.80 bits per heavy atom. The van der Waals surface area contributed by atoms with Gasteiger partial charge in [0.05, 0.1) is 18.1 Å². The van der Waals surface area contributed by atoms with Crippen LogP contribution in [0.1, 0.15) is 38.9 Å². The van der Waals surface area contributed by atoms with E-state index in [1.54, 1.807) is 0 Å². The van der Waals surface area contributed by atoms with E-state index in [2.05, 4.69) is 43.3 Å². The van der Waals surface area contributed by atoms with E-state index in [-0.39, 0.29) is 6.04 Å². The summed E-state index contributed by atoms with van der Waals surface area (Å²) in [5.41, 5.74) is 2.40. The van der Waals surface area contributed by atoms with Crippen molar-refractivity contribution in [2.45, 2.75) is 33.2 Å². The monoisotopic (exact) mass is 207 g/mol. The van der Waals surface area contributed by atoms with Gasteiger partial charge in [0.15, 0.2) is 0 Å². The number of hydrogen-bond acceptors (Lipinski definition) is 2. The van der Waals surface area contributed by atoms with Crippen LogP contribution in [-0.2, 0) is 7.05 Å². The van der Waals surface area contributed by atoms with E-state index in [9.17, 15) is 0 Å². The van der Waals surface area contributed by atoms with Crippen LogP contribution in [-0.4, -0.2) is 16.1 Å². The minimum atomic E-state index is 0.246. The molecule has 0 aromatic carbocycles. The van der Waals surface area contributed by atoms with Crippen LogP contribution in [0.2, 0.25) is 0 Å². The average Bonchev–Trinajstić information content (AvgIpc) is 2.58. The molecule has 3 nitrogen and oxygen atoms in total. The summed E-state index contributed by atoms with van der Waals surface area (Å²) in [6.07, 6.45) is 7.26. The highest BCUT2D eigenvalue weighted by molar-refractivity contribution is 5.14. The lowest BCUT2D eigenvalue weighted by Crippen LogP contribution is -2.21. The van der Waals surface area contributed by atoms with E-state index in [4.69, 9.17) is 0 Å². The Morgan fingerprint density at radius 2 is 2.33 bits per heavy atom. The fraction of sp³-hybridized carbons (Fsp3) is 0.583. The van der Waals surface area contributed by atoms with Crippen molar-refractivity contribution in [1.29, 1.82) is 0 Å². The second-order valence-electron chi connectivity index (χ2n) is 4.14. The molecule has 1 aromatic rings. The van der Waals surface area contributed by atoms with Crippen LogP contribution in [0.25, 0.3) is 0 Å². The van der Waals surface area contributed by atoms with Crippen molar-refractivity contribution in [3.63, 3.8) is 0 Å². The number of hydrogen-bond donors (Lipinski definition) is 1. The number of imidazole rings is 1. The van der Waals surface area contributed by atoms with Gasteiger partial charge in [-0.2, -0.15) is 0 Å². The van der Waals surface area contributed by atoms with Gasteiger partial charge in [-0.25, -0.2) is 4.98 Å². The summed E-state index contributed by atoms with van der Waals surface area (Å²) in [5.74, 6) is 0. The summed E-state index contributed by atoms with van der Waals surface area (Å²) in [7, 11) is 2.00. The Kier molecular flexibility index (Phi) is 4.56. The molecule has 1 atom stereocenters. The molecule has 0 spiro atoms. The maximum atomic E-state index is 4.38. The summed E-state index contributed by atoms with van der Waals surface area (Å²) in [6.45, 7) is 7.42.